The predicted molar refractivity (Wildman–Crippen MR) is 89.7 cm³/mol. The predicted octanol–water partition coefficient (Wildman–Crippen LogP) is 3.11. The number of hydrogen-bond donors (Lipinski definition) is 2. The van der Waals surface area contributed by atoms with Crippen LogP contribution in [-0.4, -0.2) is 23.6 Å². The number of hydrogen-bond acceptors (Lipinski definition) is 3. The Bertz CT molecular complexity index is 681. The Morgan fingerprint density at radius 2 is 2.14 bits per heavy atom. The van der Waals surface area contributed by atoms with E-state index in [0.717, 1.165) is 22.9 Å². The second-order valence-electron chi connectivity index (χ2n) is 5.70. The third-order valence-corrected chi connectivity index (χ3v) is 3.65. The Morgan fingerprint density at radius 3 is 2.82 bits per heavy atom. The Balaban J connectivity index is 2.24. The van der Waals surface area contributed by atoms with Gasteiger partial charge in [-0.15, -0.1) is 0 Å². The normalized spacial score (nSPS) is 12.2. The molecule has 0 aliphatic heterocycles. The summed E-state index contributed by atoms with van der Waals surface area (Å²) in [7, 11) is 0. The van der Waals surface area contributed by atoms with Crippen molar-refractivity contribution in [3.63, 3.8) is 0 Å². The lowest BCUT2D eigenvalue weighted by Gasteiger charge is -2.09. The molecule has 1 aromatic carbocycles. The van der Waals surface area contributed by atoms with Crippen molar-refractivity contribution in [1.82, 2.24) is 4.98 Å². The van der Waals surface area contributed by atoms with Gasteiger partial charge in [0.1, 0.15) is 6.04 Å². The Hall–Kier alpha value is -2.07. The maximum absolute atomic E-state index is 11.7. The van der Waals surface area contributed by atoms with Crippen molar-refractivity contribution in [1.29, 1.82) is 0 Å². The molecule has 0 fully saturated rings. The maximum Gasteiger partial charge on any atom is 0.323 e. The third-order valence-electron chi connectivity index (χ3n) is 3.65. The van der Waals surface area contributed by atoms with Gasteiger partial charge in [-0.05, 0) is 38.3 Å². The Kier molecular flexibility index (Phi) is 5.39. The number of rotatable bonds is 6. The molecular formula is C18H24N2O2. The zero-order chi connectivity index (χ0) is 16.1. The molecular weight excluding hydrogens is 276 g/mol. The lowest BCUT2D eigenvalue weighted by atomic mass is 10.0. The van der Waals surface area contributed by atoms with Crippen molar-refractivity contribution >= 4 is 16.9 Å². The van der Waals surface area contributed by atoms with Gasteiger partial charge >= 0.3 is 5.97 Å². The number of H-pyrrole nitrogens is 1. The fourth-order valence-electron chi connectivity index (χ4n) is 2.50. The molecule has 4 nitrogen and oxygen atoms in total. The summed E-state index contributed by atoms with van der Waals surface area (Å²) in [6.45, 7) is 6.33. The lowest BCUT2D eigenvalue weighted by Crippen LogP contribution is -2.34. The van der Waals surface area contributed by atoms with Crippen molar-refractivity contribution < 1.29 is 9.53 Å². The molecule has 0 aliphatic rings. The van der Waals surface area contributed by atoms with Crippen molar-refractivity contribution in [2.45, 2.75) is 39.7 Å². The SMILES string of the molecule is CCOC(=O)[C@@H](N)Cc1c[nH]c2c(CC=C(C)C)cccc12. The zero-order valence-electron chi connectivity index (χ0n) is 13.5. The van der Waals surface area contributed by atoms with Crippen LogP contribution in [0.25, 0.3) is 10.9 Å². The number of aromatic amines is 1. The van der Waals surface area contributed by atoms with E-state index in [-0.39, 0.29) is 5.97 Å². The standard InChI is InChI=1S/C18H24N2O2/c1-4-22-18(21)16(19)10-14-11-20-17-13(9-8-12(2)3)6-5-7-15(14)17/h5-8,11,16,20H,4,9-10,19H2,1-3H3/t16-/m0/s1. The Morgan fingerprint density at radius 1 is 1.36 bits per heavy atom. The molecule has 1 aromatic heterocycles. The van der Waals surface area contributed by atoms with E-state index in [9.17, 15) is 4.79 Å². The van der Waals surface area contributed by atoms with Gasteiger partial charge in [-0.1, -0.05) is 29.8 Å². The summed E-state index contributed by atoms with van der Waals surface area (Å²) < 4.78 is 4.97. The third kappa shape index (κ3) is 3.77. The minimum atomic E-state index is -0.625. The first-order chi connectivity index (χ1) is 10.5. The highest BCUT2D eigenvalue weighted by atomic mass is 16.5. The minimum Gasteiger partial charge on any atom is -0.465 e. The van der Waals surface area contributed by atoms with E-state index in [1.807, 2.05) is 12.3 Å². The zero-order valence-corrected chi connectivity index (χ0v) is 13.5. The summed E-state index contributed by atoms with van der Waals surface area (Å²) >= 11 is 0. The molecule has 22 heavy (non-hydrogen) atoms. The molecule has 4 heteroatoms. The van der Waals surface area contributed by atoms with E-state index in [1.165, 1.54) is 11.1 Å². The van der Waals surface area contributed by atoms with Gasteiger partial charge in [-0.25, -0.2) is 0 Å². The van der Waals surface area contributed by atoms with Crippen LogP contribution in [-0.2, 0) is 22.4 Å². The molecule has 0 saturated heterocycles. The molecule has 1 atom stereocenters. The van der Waals surface area contributed by atoms with E-state index in [4.69, 9.17) is 10.5 Å². The van der Waals surface area contributed by atoms with Crippen molar-refractivity contribution in [2.75, 3.05) is 6.61 Å². The highest BCUT2D eigenvalue weighted by molar-refractivity contribution is 5.87. The number of carbonyl (C=O) groups is 1. The fourth-order valence-corrected chi connectivity index (χ4v) is 2.50. The largest absolute Gasteiger partial charge is 0.465 e. The second kappa shape index (κ2) is 7.27. The van der Waals surface area contributed by atoms with Crippen LogP contribution in [0.4, 0.5) is 0 Å². The number of nitrogens with two attached hydrogens (primary N) is 1. The summed E-state index contributed by atoms with van der Waals surface area (Å²) in [5.74, 6) is -0.349. The average Bonchev–Trinajstić information content (AvgIpc) is 2.89. The Labute approximate surface area is 131 Å². The molecule has 1 heterocycles. The molecule has 118 valence electrons. The first kappa shape index (κ1) is 16.3. The summed E-state index contributed by atoms with van der Waals surface area (Å²) in [5.41, 5.74) is 10.6. The molecule has 0 unspecified atom stereocenters. The molecule has 2 aromatic rings. The first-order valence-corrected chi connectivity index (χ1v) is 7.66. The number of ether oxygens (including phenoxy) is 1. The van der Waals surface area contributed by atoms with Crippen molar-refractivity contribution in [3.8, 4) is 0 Å². The van der Waals surface area contributed by atoms with Crippen molar-refractivity contribution in [3.05, 3.63) is 47.2 Å². The van der Waals surface area contributed by atoms with Gasteiger partial charge in [-0.2, -0.15) is 0 Å². The van der Waals surface area contributed by atoms with Gasteiger partial charge in [-0.3, -0.25) is 4.79 Å². The summed E-state index contributed by atoms with van der Waals surface area (Å²) in [5, 5.41) is 1.12. The van der Waals surface area contributed by atoms with Crippen LogP contribution in [0.5, 0.6) is 0 Å². The number of nitrogens with one attached hydrogen (secondary N) is 1. The molecule has 2 rings (SSSR count). The van der Waals surface area contributed by atoms with E-state index < -0.39 is 6.04 Å². The number of para-hydroxylation sites is 1. The molecule has 0 saturated carbocycles. The lowest BCUT2D eigenvalue weighted by molar-refractivity contribution is -0.144. The maximum atomic E-state index is 11.7. The topological polar surface area (TPSA) is 68.1 Å². The smallest absolute Gasteiger partial charge is 0.323 e. The summed E-state index contributed by atoms with van der Waals surface area (Å²) in [4.78, 5) is 15.0. The van der Waals surface area contributed by atoms with Crippen LogP contribution >= 0.6 is 0 Å². The number of aromatic nitrogens is 1. The minimum absolute atomic E-state index is 0.349. The van der Waals surface area contributed by atoms with Gasteiger partial charge < -0.3 is 15.5 Å². The van der Waals surface area contributed by atoms with Crippen LogP contribution in [0, 0.1) is 0 Å². The number of fused-ring (bicyclic) bond motifs is 1. The quantitative estimate of drug-likeness (QED) is 0.636. The second-order valence-corrected chi connectivity index (χ2v) is 5.70. The average molecular weight is 300 g/mol. The highest BCUT2D eigenvalue weighted by Gasteiger charge is 2.17. The van der Waals surface area contributed by atoms with Gasteiger partial charge in [0, 0.05) is 23.5 Å². The van der Waals surface area contributed by atoms with Crippen LogP contribution < -0.4 is 5.73 Å². The number of allylic oxidation sites excluding steroid dienone is 2. The van der Waals surface area contributed by atoms with Gasteiger partial charge in [0.05, 0.1) is 6.61 Å². The first-order valence-electron chi connectivity index (χ1n) is 7.66. The van der Waals surface area contributed by atoms with Gasteiger partial charge in [0.2, 0.25) is 0 Å². The molecule has 0 spiro atoms. The number of benzene rings is 1. The molecule has 0 aliphatic carbocycles. The van der Waals surface area contributed by atoms with Gasteiger partial charge in [0.15, 0.2) is 0 Å². The van der Waals surface area contributed by atoms with Crippen molar-refractivity contribution in [2.24, 2.45) is 5.73 Å². The van der Waals surface area contributed by atoms with E-state index in [0.29, 0.717) is 13.0 Å². The molecule has 0 amide bonds. The monoisotopic (exact) mass is 300 g/mol. The number of carbonyl (C=O) groups excluding carboxylic acids is 1. The molecule has 3 N–H and O–H groups in total. The van der Waals surface area contributed by atoms with E-state index in [2.05, 4.69) is 37.0 Å². The number of esters is 1. The molecule has 0 radical (unpaired) electrons. The van der Waals surface area contributed by atoms with Gasteiger partial charge in [0.25, 0.3) is 0 Å². The van der Waals surface area contributed by atoms with E-state index >= 15 is 0 Å². The van der Waals surface area contributed by atoms with E-state index in [1.54, 1.807) is 6.92 Å². The summed E-state index contributed by atoms with van der Waals surface area (Å²) in [6, 6.07) is 5.60. The van der Waals surface area contributed by atoms with Crippen LogP contribution in [0.3, 0.4) is 0 Å². The van der Waals surface area contributed by atoms with Crippen LogP contribution in [0.2, 0.25) is 0 Å². The highest BCUT2D eigenvalue weighted by Crippen LogP contribution is 2.23. The van der Waals surface area contributed by atoms with Crippen LogP contribution in [0.15, 0.2) is 36.0 Å². The van der Waals surface area contributed by atoms with Crippen LogP contribution in [0.1, 0.15) is 31.9 Å². The summed E-state index contributed by atoms with van der Waals surface area (Å²) in [6.07, 6.45) is 5.52. The molecule has 0 bridgehead atoms. The fraction of sp³-hybridized carbons (Fsp3) is 0.389.